The number of rotatable bonds is 2. The van der Waals surface area contributed by atoms with E-state index >= 15 is 0 Å². The summed E-state index contributed by atoms with van der Waals surface area (Å²) in [6.07, 6.45) is -4.37. The van der Waals surface area contributed by atoms with Crippen molar-refractivity contribution in [2.75, 3.05) is 0 Å². The monoisotopic (exact) mass is 342 g/mol. The van der Waals surface area contributed by atoms with E-state index in [1.54, 1.807) is 6.92 Å². The van der Waals surface area contributed by atoms with Gasteiger partial charge in [-0.1, -0.05) is 12.1 Å². The van der Waals surface area contributed by atoms with Gasteiger partial charge >= 0.3 is 6.18 Å². The van der Waals surface area contributed by atoms with E-state index in [1.807, 2.05) is 20.8 Å². The fourth-order valence-corrected chi connectivity index (χ4v) is 2.90. The minimum absolute atomic E-state index is 0.231. The predicted octanol–water partition coefficient (Wildman–Crippen LogP) is 4.67. The van der Waals surface area contributed by atoms with Crippen LogP contribution >= 0.6 is 11.3 Å². The second kappa shape index (κ2) is 5.96. The van der Waals surface area contributed by atoms with Crippen LogP contribution in [0.1, 0.15) is 41.7 Å². The molecule has 0 aliphatic carbocycles. The highest BCUT2D eigenvalue weighted by molar-refractivity contribution is 7.17. The molecule has 2 rings (SSSR count). The molecule has 124 valence electrons. The lowest BCUT2D eigenvalue weighted by Crippen LogP contribution is -2.40. The molecule has 0 unspecified atom stereocenters. The Morgan fingerprint density at radius 2 is 1.70 bits per heavy atom. The van der Waals surface area contributed by atoms with Crippen molar-refractivity contribution in [2.45, 2.75) is 39.4 Å². The highest BCUT2D eigenvalue weighted by atomic mass is 32.1. The Bertz CT molecular complexity index is 712. The van der Waals surface area contributed by atoms with Gasteiger partial charge in [0.1, 0.15) is 9.88 Å². The van der Waals surface area contributed by atoms with E-state index in [-0.39, 0.29) is 11.4 Å². The molecule has 0 fully saturated rings. The first kappa shape index (κ1) is 17.5. The molecule has 0 saturated heterocycles. The number of benzene rings is 1. The minimum Gasteiger partial charge on any atom is -0.347 e. The molecular weight excluding hydrogens is 325 g/mol. The van der Waals surface area contributed by atoms with Crippen LogP contribution in [0, 0.1) is 6.92 Å². The molecule has 1 aromatic heterocycles. The lowest BCUT2D eigenvalue weighted by molar-refractivity contribution is -0.137. The summed E-state index contributed by atoms with van der Waals surface area (Å²) in [7, 11) is 0. The molecular formula is C16H17F3N2OS. The van der Waals surface area contributed by atoms with Crippen molar-refractivity contribution in [3.05, 3.63) is 40.4 Å². The van der Waals surface area contributed by atoms with Gasteiger partial charge in [0.25, 0.3) is 5.91 Å². The summed E-state index contributed by atoms with van der Waals surface area (Å²) in [4.78, 5) is 17.0. The maximum atomic E-state index is 12.6. The van der Waals surface area contributed by atoms with Crippen LogP contribution in [0.2, 0.25) is 0 Å². The summed E-state index contributed by atoms with van der Waals surface area (Å²) >= 11 is 1.17. The Labute approximate surface area is 136 Å². The predicted molar refractivity (Wildman–Crippen MR) is 84.5 cm³/mol. The van der Waals surface area contributed by atoms with Crippen molar-refractivity contribution in [3.63, 3.8) is 0 Å². The number of nitrogens with one attached hydrogen (secondary N) is 1. The smallest absolute Gasteiger partial charge is 0.347 e. The molecule has 0 spiro atoms. The van der Waals surface area contributed by atoms with E-state index in [2.05, 4.69) is 10.3 Å². The molecule has 23 heavy (non-hydrogen) atoms. The number of hydrogen-bond donors (Lipinski definition) is 1. The zero-order chi connectivity index (χ0) is 17.4. The SMILES string of the molecule is Cc1nc(-c2ccc(C(F)(F)F)cc2)sc1C(=O)NC(C)(C)C. The van der Waals surface area contributed by atoms with Gasteiger partial charge in [0.15, 0.2) is 0 Å². The van der Waals surface area contributed by atoms with Gasteiger partial charge in [0.2, 0.25) is 0 Å². The second-order valence-corrected chi connectivity index (χ2v) is 7.21. The normalized spacial score (nSPS) is 12.3. The van der Waals surface area contributed by atoms with Crippen molar-refractivity contribution in [3.8, 4) is 10.6 Å². The van der Waals surface area contributed by atoms with Crippen molar-refractivity contribution in [1.29, 1.82) is 0 Å². The average molecular weight is 342 g/mol. The molecule has 0 saturated carbocycles. The number of carbonyl (C=O) groups excluding carboxylic acids is 1. The summed E-state index contributed by atoms with van der Waals surface area (Å²) in [5, 5.41) is 3.38. The third kappa shape index (κ3) is 4.31. The zero-order valence-corrected chi connectivity index (χ0v) is 14.0. The lowest BCUT2D eigenvalue weighted by Gasteiger charge is -2.19. The van der Waals surface area contributed by atoms with Gasteiger partial charge in [0, 0.05) is 11.1 Å². The Kier molecular flexibility index (Phi) is 4.52. The largest absolute Gasteiger partial charge is 0.416 e. The van der Waals surface area contributed by atoms with Crippen LogP contribution in [0.4, 0.5) is 13.2 Å². The number of halogens is 3. The van der Waals surface area contributed by atoms with Gasteiger partial charge in [-0.15, -0.1) is 11.3 Å². The third-order valence-electron chi connectivity index (χ3n) is 2.95. The molecule has 2 aromatic rings. The summed E-state index contributed by atoms with van der Waals surface area (Å²) < 4.78 is 37.8. The molecule has 1 aromatic carbocycles. The summed E-state index contributed by atoms with van der Waals surface area (Å²) in [6.45, 7) is 7.33. The number of hydrogen-bond acceptors (Lipinski definition) is 3. The van der Waals surface area contributed by atoms with Crippen LogP contribution in [0.5, 0.6) is 0 Å². The average Bonchev–Trinajstić information content (AvgIpc) is 2.78. The first-order chi connectivity index (χ1) is 10.5. The third-order valence-corrected chi connectivity index (χ3v) is 4.16. The maximum absolute atomic E-state index is 12.6. The van der Waals surface area contributed by atoms with Crippen LogP contribution in [-0.2, 0) is 6.18 Å². The number of carbonyl (C=O) groups is 1. The van der Waals surface area contributed by atoms with Crippen molar-refractivity contribution < 1.29 is 18.0 Å². The lowest BCUT2D eigenvalue weighted by atomic mass is 10.1. The van der Waals surface area contributed by atoms with Gasteiger partial charge in [-0.05, 0) is 39.8 Å². The first-order valence-corrected chi connectivity index (χ1v) is 7.76. The number of nitrogens with zero attached hydrogens (tertiary/aromatic N) is 1. The molecule has 1 amide bonds. The zero-order valence-electron chi connectivity index (χ0n) is 13.2. The van der Waals surface area contributed by atoms with Gasteiger partial charge in [-0.2, -0.15) is 13.2 Å². The van der Waals surface area contributed by atoms with Crippen LogP contribution < -0.4 is 5.32 Å². The Balaban J connectivity index is 2.29. The Morgan fingerprint density at radius 3 is 2.17 bits per heavy atom. The van der Waals surface area contributed by atoms with Crippen LogP contribution in [-0.4, -0.2) is 16.4 Å². The van der Waals surface area contributed by atoms with Crippen molar-refractivity contribution in [2.24, 2.45) is 0 Å². The van der Waals surface area contributed by atoms with Gasteiger partial charge in [0.05, 0.1) is 11.3 Å². The molecule has 7 heteroatoms. The number of amides is 1. The maximum Gasteiger partial charge on any atom is 0.416 e. The quantitative estimate of drug-likeness (QED) is 0.862. The molecule has 1 N–H and O–H groups in total. The standard InChI is InChI=1S/C16H17F3N2OS/c1-9-12(13(22)21-15(2,3)4)23-14(20-9)10-5-7-11(8-6-10)16(17,18)19/h5-8H,1-4H3,(H,21,22). The number of alkyl halides is 3. The molecule has 1 heterocycles. The minimum atomic E-state index is -4.37. The summed E-state index contributed by atoms with van der Waals surface area (Å²) in [6, 6.07) is 4.76. The fourth-order valence-electron chi connectivity index (χ4n) is 1.93. The number of aromatic nitrogens is 1. The van der Waals surface area contributed by atoms with Gasteiger partial charge in [-0.25, -0.2) is 4.98 Å². The topological polar surface area (TPSA) is 42.0 Å². The van der Waals surface area contributed by atoms with E-state index in [1.165, 1.54) is 23.5 Å². The Morgan fingerprint density at radius 1 is 1.13 bits per heavy atom. The molecule has 0 aliphatic rings. The Hall–Kier alpha value is -1.89. The van der Waals surface area contributed by atoms with E-state index in [4.69, 9.17) is 0 Å². The van der Waals surface area contributed by atoms with Crippen LogP contribution in [0.25, 0.3) is 10.6 Å². The highest BCUT2D eigenvalue weighted by Crippen LogP contribution is 2.33. The van der Waals surface area contributed by atoms with Crippen LogP contribution in [0.3, 0.4) is 0 Å². The van der Waals surface area contributed by atoms with Crippen molar-refractivity contribution in [1.82, 2.24) is 10.3 Å². The molecule has 0 radical (unpaired) electrons. The van der Waals surface area contributed by atoms with E-state index in [9.17, 15) is 18.0 Å². The fraction of sp³-hybridized carbons (Fsp3) is 0.375. The van der Waals surface area contributed by atoms with E-state index < -0.39 is 11.7 Å². The van der Waals surface area contributed by atoms with Crippen LogP contribution in [0.15, 0.2) is 24.3 Å². The molecule has 0 atom stereocenters. The second-order valence-electron chi connectivity index (χ2n) is 6.21. The van der Waals surface area contributed by atoms with E-state index in [0.29, 0.717) is 21.1 Å². The number of thiazole rings is 1. The first-order valence-electron chi connectivity index (χ1n) is 6.95. The summed E-state index contributed by atoms with van der Waals surface area (Å²) in [5.74, 6) is -0.231. The number of aryl methyl sites for hydroxylation is 1. The van der Waals surface area contributed by atoms with Gasteiger partial charge in [-0.3, -0.25) is 4.79 Å². The molecule has 0 bridgehead atoms. The summed E-state index contributed by atoms with van der Waals surface area (Å²) in [5.41, 5.74) is 0.0370. The van der Waals surface area contributed by atoms with Crippen molar-refractivity contribution >= 4 is 17.2 Å². The molecule has 0 aliphatic heterocycles. The van der Waals surface area contributed by atoms with E-state index in [0.717, 1.165) is 12.1 Å². The van der Waals surface area contributed by atoms with Gasteiger partial charge < -0.3 is 5.32 Å². The highest BCUT2D eigenvalue weighted by Gasteiger charge is 2.30. The molecule has 3 nitrogen and oxygen atoms in total.